The second-order valence-corrected chi connectivity index (χ2v) is 10.0. The smallest absolute Gasteiger partial charge is 0.253 e. The Balaban J connectivity index is 1.20. The largest absolute Gasteiger partial charge is 0.350 e. The van der Waals surface area contributed by atoms with Crippen LogP contribution in [0.3, 0.4) is 0 Å². The highest BCUT2D eigenvalue weighted by Gasteiger charge is 2.51. The Hall–Kier alpha value is -2.37. The lowest BCUT2D eigenvalue weighted by Gasteiger charge is -2.56. The molecule has 6 heteroatoms. The van der Waals surface area contributed by atoms with Crippen LogP contribution in [-0.2, 0) is 16.1 Å². The number of nitrogens with one attached hydrogen (secondary N) is 2. The Bertz CT molecular complexity index is 780. The average molecular weight is 412 g/mol. The lowest BCUT2D eigenvalue weighted by Crippen LogP contribution is -2.48. The second kappa shape index (κ2) is 8.40. The zero-order chi connectivity index (χ0) is 21.3. The molecular weight excluding hydrogens is 378 g/mol. The first-order valence-electron chi connectivity index (χ1n) is 11.2. The van der Waals surface area contributed by atoms with Gasteiger partial charge in [0.05, 0.1) is 6.54 Å². The van der Waals surface area contributed by atoms with Crippen LogP contribution < -0.4 is 10.6 Å². The molecule has 0 atom stereocenters. The molecule has 4 aliphatic carbocycles. The predicted octanol–water partition coefficient (Wildman–Crippen LogP) is 2.73. The summed E-state index contributed by atoms with van der Waals surface area (Å²) in [6.45, 7) is 0.391. The van der Waals surface area contributed by atoms with Gasteiger partial charge < -0.3 is 15.5 Å². The van der Waals surface area contributed by atoms with Crippen molar-refractivity contribution in [1.29, 1.82) is 0 Å². The molecule has 30 heavy (non-hydrogen) atoms. The van der Waals surface area contributed by atoms with E-state index in [1.54, 1.807) is 26.2 Å². The molecule has 0 unspecified atom stereocenters. The first kappa shape index (κ1) is 20.9. The minimum Gasteiger partial charge on any atom is -0.350 e. The fraction of sp³-hybridized carbons (Fsp3) is 0.625. The van der Waals surface area contributed by atoms with Gasteiger partial charge in [-0.15, -0.1) is 0 Å². The van der Waals surface area contributed by atoms with Gasteiger partial charge in [-0.3, -0.25) is 14.4 Å². The monoisotopic (exact) mass is 411 g/mol. The molecule has 2 N–H and O–H groups in total. The molecule has 4 aliphatic rings. The summed E-state index contributed by atoms with van der Waals surface area (Å²) >= 11 is 0. The Morgan fingerprint density at radius 2 is 1.47 bits per heavy atom. The van der Waals surface area contributed by atoms with Crippen molar-refractivity contribution in [3.8, 4) is 0 Å². The van der Waals surface area contributed by atoms with E-state index in [1.807, 2.05) is 12.1 Å². The number of nitrogens with zero attached hydrogens (tertiary/aromatic N) is 1. The quantitative estimate of drug-likeness (QED) is 0.724. The molecule has 4 saturated carbocycles. The highest BCUT2D eigenvalue weighted by atomic mass is 16.2. The Kier molecular flexibility index (Phi) is 5.85. The molecule has 162 valence electrons. The molecule has 0 spiro atoms. The maximum absolute atomic E-state index is 12.5. The van der Waals surface area contributed by atoms with E-state index < -0.39 is 0 Å². The van der Waals surface area contributed by atoms with Crippen LogP contribution in [0.5, 0.6) is 0 Å². The maximum Gasteiger partial charge on any atom is 0.253 e. The summed E-state index contributed by atoms with van der Waals surface area (Å²) in [5.41, 5.74) is 1.73. The van der Waals surface area contributed by atoms with Crippen molar-refractivity contribution < 1.29 is 14.4 Å². The molecule has 1 aromatic rings. The minimum atomic E-state index is -0.192. The van der Waals surface area contributed by atoms with Crippen LogP contribution in [0.25, 0.3) is 0 Å². The van der Waals surface area contributed by atoms with Crippen LogP contribution in [0.2, 0.25) is 0 Å². The minimum absolute atomic E-state index is 0.0126. The van der Waals surface area contributed by atoms with E-state index in [0.717, 1.165) is 23.3 Å². The third-order valence-electron chi connectivity index (χ3n) is 7.24. The fourth-order valence-corrected chi connectivity index (χ4v) is 6.37. The van der Waals surface area contributed by atoms with Crippen molar-refractivity contribution >= 4 is 17.7 Å². The molecule has 4 bridgehead atoms. The van der Waals surface area contributed by atoms with Crippen LogP contribution in [0.1, 0.15) is 60.9 Å². The predicted molar refractivity (Wildman–Crippen MR) is 115 cm³/mol. The Labute approximate surface area is 178 Å². The lowest BCUT2D eigenvalue weighted by atomic mass is 9.49. The Morgan fingerprint density at radius 1 is 0.900 bits per heavy atom. The molecule has 5 rings (SSSR count). The van der Waals surface area contributed by atoms with Gasteiger partial charge in [0.2, 0.25) is 11.8 Å². The van der Waals surface area contributed by atoms with E-state index >= 15 is 0 Å². The molecular formula is C24H33N3O3. The van der Waals surface area contributed by atoms with Gasteiger partial charge >= 0.3 is 0 Å². The van der Waals surface area contributed by atoms with Gasteiger partial charge in [-0.05, 0) is 79.4 Å². The van der Waals surface area contributed by atoms with Gasteiger partial charge in [-0.25, -0.2) is 0 Å². The second-order valence-electron chi connectivity index (χ2n) is 10.0. The van der Waals surface area contributed by atoms with Crippen molar-refractivity contribution in [2.24, 2.45) is 23.2 Å². The van der Waals surface area contributed by atoms with E-state index in [4.69, 9.17) is 0 Å². The third-order valence-corrected chi connectivity index (χ3v) is 7.24. The summed E-state index contributed by atoms with van der Waals surface area (Å²) in [7, 11) is 3.43. The average Bonchev–Trinajstić information content (AvgIpc) is 2.69. The van der Waals surface area contributed by atoms with Crippen molar-refractivity contribution in [3.05, 3.63) is 35.4 Å². The van der Waals surface area contributed by atoms with E-state index in [1.165, 1.54) is 43.4 Å². The zero-order valence-corrected chi connectivity index (χ0v) is 18.1. The van der Waals surface area contributed by atoms with Gasteiger partial charge in [0.15, 0.2) is 0 Å². The number of carbonyl (C=O) groups excluding carboxylic acids is 3. The van der Waals surface area contributed by atoms with Gasteiger partial charge in [-0.2, -0.15) is 0 Å². The highest BCUT2D eigenvalue weighted by molar-refractivity contribution is 5.93. The van der Waals surface area contributed by atoms with Crippen LogP contribution in [-0.4, -0.2) is 43.3 Å². The summed E-state index contributed by atoms with van der Waals surface area (Å²) in [4.78, 5) is 38.1. The standard InChI is InChI=1S/C24H33N3O3/c1-27(2)23(30)20-5-3-16(4-6-20)14-25-22(29)15-26-21(28)13-24-10-17-7-18(11-24)9-19(8-17)12-24/h3-6,17-19H,7-15H2,1-2H3,(H,25,29)(H,26,28). The zero-order valence-electron chi connectivity index (χ0n) is 18.1. The van der Waals surface area contributed by atoms with Crippen molar-refractivity contribution in [2.75, 3.05) is 20.6 Å². The van der Waals surface area contributed by atoms with Crippen molar-refractivity contribution in [1.82, 2.24) is 15.5 Å². The summed E-state index contributed by atoms with van der Waals surface area (Å²) in [5.74, 6) is 2.25. The molecule has 0 radical (unpaired) electrons. The SMILES string of the molecule is CN(C)C(=O)c1ccc(CNC(=O)CNC(=O)CC23CC4CC(CC(C4)C2)C3)cc1. The number of amides is 3. The van der Waals surface area contributed by atoms with Crippen molar-refractivity contribution in [2.45, 2.75) is 51.5 Å². The lowest BCUT2D eigenvalue weighted by molar-refractivity contribution is -0.131. The first-order chi connectivity index (χ1) is 14.3. The summed E-state index contributed by atoms with van der Waals surface area (Å²) in [6.07, 6.45) is 8.28. The third kappa shape index (κ3) is 4.68. The molecule has 3 amide bonds. The summed E-state index contributed by atoms with van der Waals surface area (Å²) in [6, 6.07) is 7.19. The first-order valence-corrected chi connectivity index (χ1v) is 11.2. The molecule has 1 aromatic carbocycles. The van der Waals surface area contributed by atoms with Crippen molar-refractivity contribution in [3.63, 3.8) is 0 Å². The van der Waals surface area contributed by atoms with Crippen LogP contribution in [0, 0.1) is 23.2 Å². The van der Waals surface area contributed by atoms with Gasteiger partial charge in [-0.1, -0.05) is 12.1 Å². The molecule has 0 heterocycles. The molecule has 4 fully saturated rings. The molecule has 0 aliphatic heterocycles. The Morgan fingerprint density at radius 3 is 2.00 bits per heavy atom. The summed E-state index contributed by atoms with van der Waals surface area (Å²) in [5, 5.41) is 5.67. The van der Waals surface area contributed by atoms with E-state index in [2.05, 4.69) is 10.6 Å². The molecule has 6 nitrogen and oxygen atoms in total. The topological polar surface area (TPSA) is 78.5 Å². The normalized spacial score (nSPS) is 28.8. The van der Waals surface area contributed by atoms with E-state index in [-0.39, 0.29) is 29.7 Å². The van der Waals surface area contributed by atoms with Crippen LogP contribution >= 0.6 is 0 Å². The maximum atomic E-state index is 12.5. The van der Waals surface area contributed by atoms with Gasteiger partial charge in [0.1, 0.15) is 0 Å². The number of benzene rings is 1. The molecule has 0 aromatic heterocycles. The number of hydrogen-bond acceptors (Lipinski definition) is 3. The molecule has 0 saturated heterocycles. The van der Waals surface area contributed by atoms with Gasteiger partial charge in [0, 0.05) is 32.6 Å². The van der Waals surface area contributed by atoms with Crippen LogP contribution in [0.4, 0.5) is 0 Å². The van der Waals surface area contributed by atoms with Crippen LogP contribution in [0.15, 0.2) is 24.3 Å². The van der Waals surface area contributed by atoms with Gasteiger partial charge in [0.25, 0.3) is 5.91 Å². The van der Waals surface area contributed by atoms with E-state index in [9.17, 15) is 14.4 Å². The summed E-state index contributed by atoms with van der Waals surface area (Å²) < 4.78 is 0. The number of rotatable bonds is 7. The fourth-order valence-electron chi connectivity index (χ4n) is 6.37. The highest BCUT2D eigenvalue weighted by Crippen LogP contribution is 2.61. The number of hydrogen-bond donors (Lipinski definition) is 2. The number of carbonyl (C=O) groups is 3. The van der Waals surface area contributed by atoms with E-state index in [0.29, 0.717) is 18.5 Å².